The molecule has 3 aromatic rings. The number of halogens is 1. The molecule has 0 aliphatic carbocycles. The van der Waals surface area contributed by atoms with Gasteiger partial charge in [-0.2, -0.15) is 0 Å². The summed E-state index contributed by atoms with van der Waals surface area (Å²) >= 11 is 3.49. The Hall–Kier alpha value is -2.60. The third-order valence-electron chi connectivity index (χ3n) is 5.91. The van der Waals surface area contributed by atoms with Crippen molar-refractivity contribution in [2.45, 2.75) is 44.8 Å². The van der Waals surface area contributed by atoms with Gasteiger partial charge in [-0.3, -0.25) is 14.6 Å². The molecular formula is C23H22BrN3O2. The Balaban J connectivity index is 1.74. The second-order valence-corrected chi connectivity index (χ2v) is 9.69. The number of aromatic amines is 1. The van der Waals surface area contributed by atoms with Gasteiger partial charge in [-0.25, -0.2) is 4.79 Å². The minimum atomic E-state index is -0.564. The van der Waals surface area contributed by atoms with Crippen LogP contribution < -0.4 is 0 Å². The van der Waals surface area contributed by atoms with Crippen LogP contribution in [0.5, 0.6) is 0 Å². The van der Waals surface area contributed by atoms with E-state index in [0.29, 0.717) is 6.42 Å². The zero-order valence-electron chi connectivity index (χ0n) is 16.6. The average molecular weight is 452 g/mol. The van der Waals surface area contributed by atoms with Crippen molar-refractivity contribution in [2.24, 2.45) is 0 Å². The molecule has 0 spiro atoms. The molecule has 148 valence electrons. The van der Waals surface area contributed by atoms with Gasteiger partial charge in [-0.05, 0) is 50.1 Å². The van der Waals surface area contributed by atoms with E-state index >= 15 is 0 Å². The first-order valence-corrected chi connectivity index (χ1v) is 10.6. The number of urea groups is 1. The van der Waals surface area contributed by atoms with Gasteiger partial charge in [-0.15, -0.1) is 0 Å². The Morgan fingerprint density at radius 1 is 1.03 bits per heavy atom. The molecule has 1 fully saturated rings. The van der Waals surface area contributed by atoms with Gasteiger partial charge in [0.25, 0.3) is 5.91 Å². The fourth-order valence-electron chi connectivity index (χ4n) is 4.68. The lowest BCUT2D eigenvalue weighted by molar-refractivity contribution is -0.131. The number of para-hydroxylation sites is 1. The first-order chi connectivity index (χ1) is 13.8. The van der Waals surface area contributed by atoms with Crippen LogP contribution in [0.2, 0.25) is 0 Å². The molecule has 1 saturated heterocycles. The highest BCUT2D eigenvalue weighted by Crippen LogP contribution is 2.45. The van der Waals surface area contributed by atoms with E-state index in [9.17, 15) is 9.59 Å². The summed E-state index contributed by atoms with van der Waals surface area (Å²) in [4.78, 5) is 33.6. The number of carbonyl (C=O) groups is 2. The summed E-state index contributed by atoms with van der Waals surface area (Å²) in [7, 11) is 0. The molecule has 2 atom stereocenters. The molecule has 3 heterocycles. The number of imide groups is 1. The van der Waals surface area contributed by atoms with Gasteiger partial charge in [0, 0.05) is 33.0 Å². The lowest BCUT2D eigenvalue weighted by Gasteiger charge is -2.36. The maximum absolute atomic E-state index is 13.5. The van der Waals surface area contributed by atoms with Crippen molar-refractivity contribution >= 4 is 38.8 Å². The summed E-state index contributed by atoms with van der Waals surface area (Å²) in [5.41, 5.74) is 3.59. The quantitative estimate of drug-likeness (QED) is 0.528. The monoisotopic (exact) mass is 451 g/mol. The van der Waals surface area contributed by atoms with E-state index in [4.69, 9.17) is 0 Å². The molecule has 0 unspecified atom stereocenters. The SMILES string of the molecule is CC(C)(C)N1C(=O)[C@@H]2Cc3c([nH]c4ccccc34)[C@@H](c3ccc(Br)cc3)N2C1=O. The van der Waals surface area contributed by atoms with Crippen LogP contribution in [0.1, 0.15) is 43.6 Å². The Bertz CT molecular complexity index is 1140. The van der Waals surface area contributed by atoms with Crippen LogP contribution in [-0.2, 0) is 11.2 Å². The fourth-order valence-corrected chi connectivity index (χ4v) is 4.95. The number of carbonyl (C=O) groups excluding carboxylic acids is 2. The largest absolute Gasteiger partial charge is 0.356 e. The molecule has 5 rings (SSSR count). The van der Waals surface area contributed by atoms with E-state index in [1.807, 2.05) is 63.2 Å². The normalized spacial score (nSPS) is 21.7. The van der Waals surface area contributed by atoms with E-state index < -0.39 is 11.6 Å². The van der Waals surface area contributed by atoms with Gasteiger partial charge in [0.2, 0.25) is 0 Å². The van der Waals surface area contributed by atoms with Crippen LogP contribution in [0.15, 0.2) is 53.0 Å². The maximum Gasteiger partial charge on any atom is 0.328 e. The van der Waals surface area contributed by atoms with E-state index in [1.165, 1.54) is 4.90 Å². The molecule has 0 radical (unpaired) electrons. The number of fused-ring (bicyclic) bond motifs is 4. The smallest absolute Gasteiger partial charge is 0.328 e. The Kier molecular flexibility index (Phi) is 3.94. The minimum absolute atomic E-state index is 0.111. The summed E-state index contributed by atoms with van der Waals surface area (Å²) in [5, 5.41) is 1.12. The van der Waals surface area contributed by atoms with Gasteiger partial charge >= 0.3 is 6.03 Å². The van der Waals surface area contributed by atoms with Crippen LogP contribution in [-0.4, -0.2) is 38.3 Å². The number of aromatic nitrogens is 1. The summed E-state index contributed by atoms with van der Waals surface area (Å²) < 4.78 is 0.977. The van der Waals surface area contributed by atoms with E-state index in [0.717, 1.165) is 32.2 Å². The van der Waals surface area contributed by atoms with Crippen molar-refractivity contribution in [1.82, 2.24) is 14.8 Å². The second-order valence-electron chi connectivity index (χ2n) is 8.77. The zero-order chi connectivity index (χ0) is 20.5. The van der Waals surface area contributed by atoms with E-state index in [2.05, 4.69) is 27.0 Å². The van der Waals surface area contributed by atoms with Crippen molar-refractivity contribution in [2.75, 3.05) is 0 Å². The summed E-state index contributed by atoms with van der Waals surface area (Å²) in [5.74, 6) is -0.111. The van der Waals surface area contributed by atoms with Gasteiger partial charge in [0.1, 0.15) is 12.1 Å². The molecule has 6 heteroatoms. The molecular weight excluding hydrogens is 430 g/mol. The van der Waals surface area contributed by atoms with Crippen LogP contribution in [0.25, 0.3) is 10.9 Å². The number of rotatable bonds is 1. The van der Waals surface area contributed by atoms with Crippen LogP contribution >= 0.6 is 15.9 Å². The third kappa shape index (κ3) is 2.65. The Labute approximate surface area is 177 Å². The molecule has 3 amide bonds. The molecule has 1 N–H and O–H groups in total. The Morgan fingerprint density at radius 3 is 2.41 bits per heavy atom. The molecule has 2 aromatic carbocycles. The standard InChI is InChI=1S/C23H22BrN3O2/c1-23(2,3)27-21(28)18-12-16-15-6-4-5-7-17(15)25-19(16)20(26(18)22(27)29)13-8-10-14(24)11-9-13/h4-11,18,20,25H,12H2,1-3H3/t18-,20+/m0/s1. The molecule has 2 aliphatic rings. The van der Waals surface area contributed by atoms with Crippen LogP contribution in [0.4, 0.5) is 4.79 Å². The highest BCUT2D eigenvalue weighted by molar-refractivity contribution is 9.10. The molecule has 5 nitrogen and oxygen atoms in total. The number of hydrogen-bond donors (Lipinski definition) is 1. The maximum atomic E-state index is 13.5. The number of benzene rings is 2. The first kappa shape index (κ1) is 18.4. The number of H-pyrrole nitrogens is 1. The highest BCUT2D eigenvalue weighted by Gasteiger charge is 2.55. The highest BCUT2D eigenvalue weighted by atomic mass is 79.9. The molecule has 0 bridgehead atoms. The minimum Gasteiger partial charge on any atom is -0.356 e. The summed E-state index contributed by atoms with van der Waals surface area (Å²) in [6.07, 6.45) is 0.531. The number of hydrogen-bond acceptors (Lipinski definition) is 2. The predicted octanol–water partition coefficient (Wildman–Crippen LogP) is 5.01. The van der Waals surface area contributed by atoms with Crippen molar-refractivity contribution in [3.8, 4) is 0 Å². The summed E-state index contributed by atoms with van der Waals surface area (Å²) in [6, 6.07) is 15.1. The van der Waals surface area contributed by atoms with Crippen LogP contribution in [0, 0.1) is 0 Å². The van der Waals surface area contributed by atoms with Gasteiger partial charge in [0.15, 0.2) is 0 Å². The fraction of sp³-hybridized carbons (Fsp3) is 0.304. The van der Waals surface area contributed by atoms with Crippen molar-refractivity contribution in [3.63, 3.8) is 0 Å². The number of amides is 3. The van der Waals surface area contributed by atoms with Crippen molar-refractivity contribution < 1.29 is 9.59 Å². The van der Waals surface area contributed by atoms with Gasteiger partial charge < -0.3 is 4.98 Å². The van der Waals surface area contributed by atoms with Gasteiger partial charge in [-0.1, -0.05) is 46.3 Å². The first-order valence-electron chi connectivity index (χ1n) is 9.78. The molecule has 29 heavy (non-hydrogen) atoms. The van der Waals surface area contributed by atoms with Crippen molar-refractivity contribution in [3.05, 3.63) is 69.8 Å². The van der Waals surface area contributed by atoms with Gasteiger partial charge in [0.05, 0.1) is 0 Å². The lowest BCUT2D eigenvalue weighted by atomic mass is 9.89. The average Bonchev–Trinajstić information content (AvgIpc) is 3.16. The molecule has 0 saturated carbocycles. The topological polar surface area (TPSA) is 56.4 Å². The van der Waals surface area contributed by atoms with E-state index in [-0.39, 0.29) is 18.0 Å². The van der Waals surface area contributed by atoms with Crippen LogP contribution in [0.3, 0.4) is 0 Å². The van der Waals surface area contributed by atoms with Crippen molar-refractivity contribution in [1.29, 1.82) is 0 Å². The summed E-state index contributed by atoms with van der Waals surface area (Å²) in [6.45, 7) is 5.72. The Morgan fingerprint density at radius 2 is 1.72 bits per heavy atom. The number of nitrogens with one attached hydrogen (secondary N) is 1. The molecule has 2 aliphatic heterocycles. The van der Waals surface area contributed by atoms with E-state index in [1.54, 1.807) is 4.90 Å². The zero-order valence-corrected chi connectivity index (χ0v) is 18.2. The number of nitrogens with zero attached hydrogens (tertiary/aromatic N) is 2. The third-order valence-corrected chi connectivity index (χ3v) is 6.43. The predicted molar refractivity (Wildman–Crippen MR) is 116 cm³/mol. The molecule has 1 aromatic heterocycles. The second kappa shape index (κ2) is 6.20. The lowest BCUT2D eigenvalue weighted by Crippen LogP contribution is -2.46.